The van der Waals surface area contributed by atoms with Crippen LogP contribution in [-0.4, -0.2) is 19.9 Å². The van der Waals surface area contributed by atoms with E-state index in [1.54, 1.807) is 45.9 Å². The lowest BCUT2D eigenvalue weighted by atomic mass is 10.1. The molecule has 0 radical (unpaired) electrons. The third-order valence-electron chi connectivity index (χ3n) is 3.57. The van der Waals surface area contributed by atoms with E-state index >= 15 is 0 Å². The summed E-state index contributed by atoms with van der Waals surface area (Å²) in [5, 5.41) is 2.73. The van der Waals surface area contributed by atoms with Crippen molar-refractivity contribution in [3.05, 3.63) is 65.0 Å². The zero-order valence-corrected chi connectivity index (χ0v) is 16.1. The second-order valence-corrected chi connectivity index (χ2v) is 8.82. The minimum atomic E-state index is -3.73. The number of amides is 1. The van der Waals surface area contributed by atoms with E-state index in [1.165, 1.54) is 24.3 Å². The molecule has 0 bridgehead atoms. The molecule has 0 aliphatic carbocycles. The van der Waals surface area contributed by atoms with Crippen LogP contribution < -0.4 is 10.0 Å². The Morgan fingerprint density at radius 1 is 1.08 bits per heavy atom. The first-order valence-corrected chi connectivity index (χ1v) is 9.63. The van der Waals surface area contributed by atoms with Crippen LogP contribution in [0.2, 0.25) is 0 Å². The molecular formula is C19H23FN2O3S. The maximum Gasteiger partial charge on any atom is 0.251 e. The van der Waals surface area contributed by atoms with Gasteiger partial charge in [0.1, 0.15) is 5.82 Å². The molecular weight excluding hydrogens is 355 g/mol. The van der Waals surface area contributed by atoms with E-state index < -0.39 is 15.6 Å². The fourth-order valence-corrected chi connectivity index (χ4v) is 3.80. The molecule has 0 unspecified atom stereocenters. The molecule has 2 rings (SSSR count). The number of carbonyl (C=O) groups excluding carboxylic acids is 1. The first-order valence-electron chi connectivity index (χ1n) is 8.15. The van der Waals surface area contributed by atoms with E-state index in [0.717, 1.165) is 5.56 Å². The van der Waals surface area contributed by atoms with Crippen LogP contribution in [-0.2, 0) is 16.6 Å². The number of sulfonamides is 1. The zero-order valence-electron chi connectivity index (χ0n) is 15.3. The highest BCUT2D eigenvalue weighted by Crippen LogP contribution is 2.18. The van der Waals surface area contributed by atoms with Gasteiger partial charge in [-0.2, -0.15) is 0 Å². The molecule has 0 fully saturated rings. The van der Waals surface area contributed by atoms with Crippen molar-refractivity contribution in [2.45, 2.75) is 44.7 Å². The summed E-state index contributed by atoms with van der Waals surface area (Å²) < 4.78 is 40.4. The Bertz CT molecular complexity index is 901. The highest BCUT2D eigenvalue weighted by Gasteiger charge is 2.23. The van der Waals surface area contributed by atoms with E-state index in [1.807, 2.05) is 0 Å². The highest BCUT2D eigenvalue weighted by atomic mass is 32.2. The van der Waals surface area contributed by atoms with Crippen LogP contribution in [0.1, 0.15) is 42.3 Å². The Labute approximate surface area is 153 Å². The lowest BCUT2D eigenvalue weighted by molar-refractivity contribution is 0.0950. The summed E-state index contributed by atoms with van der Waals surface area (Å²) in [6.45, 7) is 7.19. The zero-order chi connectivity index (χ0) is 19.5. The quantitative estimate of drug-likeness (QED) is 0.839. The van der Waals surface area contributed by atoms with Crippen molar-refractivity contribution in [1.29, 1.82) is 0 Å². The van der Waals surface area contributed by atoms with Crippen LogP contribution in [0.3, 0.4) is 0 Å². The number of hydrogen-bond donors (Lipinski definition) is 2. The van der Waals surface area contributed by atoms with E-state index in [9.17, 15) is 17.6 Å². The summed E-state index contributed by atoms with van der Waals surface area (Å²) in [4.78, 5) is 12.5. The minimum Gasteiger partial charge on any atom is -0.348 e. The lowest BCUT2D eigenvalue weighted by Gasteiger charge is -2.20. The van der Waals surface area contributed by atoms with Gasteiger partial charge in [0.25, 0.3) is 5.91 Å². The molecule has 0 saturated heterocycles. The predicted molar refractivity (Wildman–Crippen MR) is 98.8 cm³/mol. The molecule has 2 aromatic rings. The maximum absolute atomic E-state index is 12.9. The minimum absolute atomic E-state index is 0.0324. The topological polar surface area (TPSA) is 75.3 Å². The summed E-state index contributed by atoms with van der Waals surface area (Å²) in [7, 11) is -3.73. The van der Waals surface area contributed by atoms with Crippen molar-refractivity contribution >= 4 is 15.9 Å². The van der Waals surface area contributed by atoms with Crippen LogP contribution in [0.15, 0.2) is 47.4 Å². The molecule has 5 nitrogen and oxygen atoms in total. The Morgan fingerprint density at radius 2 is 1.69 bits per heavy atom. The van der Waals surface area contributed by atoms with Crippen LogP contribution in [0.5, 0.6) is 0 Å². The molecule has 0 aromatic heterocycles. The Balaban J connectivity index is 2.20. The average Bonchev–Trinajstić information content (AvgIpc) is 2.52. The fourth-order valence-electron chi connectivity index (χ4n) is 2.35. The monoisotopic (exact) mass is 378 g/mol. The summed E-state index contributed by atoms with van der Waals surface area (Å²) in [6.07, 6.45) is 0. The molecule has 2 N–H and O–H groups in total. The van der Waals surface area contributed by atoms with E-state index in [4.69, 9.17) is 0 Å². The number of benzene rings is 2. The molecule has 140 valence electrons. The van der Waals surface area contributed by atoms with Gasteiger partial charge < -0.3 is 5.32 Å². The Hall–Kier alpha value is -2.25. The molecule has 2 aromatic carbocycles. The van der Waals surface area contributed by atoms with Gasteiger partial charge in [-0.15, -0.1) is 0 Å². The third kappa shape index (κ3) is 5.37. The van der Waals surface area contributed by atoms with E-state index in [0.29, 0.717) is 5.56 Å². The molecule has 0 saturated carbocycles. The SMILES string of the molecule is Cc1ccc(S(=O)(=O)NC(C)(C)C)cc1C(=O)NCc1ccc(F)cc1. The standard InChI is InChI=1S/C19H23FN2O3S/c1-13-5-10-16(26(24,25)22-19(2,3)4)11-17(13)18(23)21-12-14-6-8-15(20)9-7-14/h5-11,22H,12H2,1-4H3,(H,21,23). The summed E-state index contributed by atoms with van der Waals surface area (Å²) >= 11 is 0. The van der Waals surface area contributed by atoms with Gasteiger partial charge in [-0.1, -0.05) is 18.2 Å². The molecule has 7 heteroatoms. The van der Waals surface area contributed by atoms with Crippen molar-refractivity contribution in [2.24, 2.45) is 0 Å². The van der Waals surface area contributed by atoms with Gasteiger partial charge in [0.2, 0.25) is 10.0 Å². The normalized spacial score (nSPS) is 12.0. The lowest BCUT2D eigenvalue weighted by Crippen LogP contribution is -2.40. The van der Waals surface area contributed by atoms with E-state index in [-0.39, 0.29) is 28.7 Å². The fraction of sp³-hybridized carbons (Fsp3) is 0.316. The van der Waals surface area contributed by atoms with Crippen molar-refractivity contribution in [3.63, 3.8) is 0 Å². The van der Waals surface area contributed by atoms with Crippen molar-refractivity contribution in [2.75, 3.05) is 0 Å². The summed E-state index contributed by atoms with van der Waals surface area (Å²) in [6, 6.07) is 10.2. The largest absolute Gasteiger partial charge is 0.348 e. The molecule has 26 heavy (non-hydrogen) atoms. The third-order valence-corrected chi connectivity index (χ3v) is 5.33. The number of carbonyl (C=O) groups is 1. The van der Waals surface area contributed by atoms with Crippen molar-refractivity contribution in [3.8, 4) is 0 Å². The van der Waals surface area contributed by atoms with Gasteiger partial charge in [-0.3, -0.25) is 4.79 Å². The maximum atomic E-state index is 12.9. The van der Waals surface area contributed by atoms with Crippen molar-refractivity contribution in [1.82, 2.24) is 10.0 Å². The molecule has 0 aliphatic rings. The second-order valence-electron chi connectivity index (χ2n) is 7.14. The number of nitrogens with one attached hydrogen (secondary N) is 2. The smallest absolute Gasteiger partial charge is 0.251 e. The van der Waals surface area contributed by atoms with Gasteiger partial charge in [0.15, 0.2) is 0 Å². The van der Waals surface area contributed by atoms with Gasteiger partial charge >= 0.3 is 0 Å². The van der Waals surface area contributed by atoms with Crippen LogP contribution in [0, 0.1) is 12.7 Å². The molecule has 0 atom stereocenters. The molecule has 0 spiro atoms. The first kappa shape index (κ1) is 20.1. The van der Waals surface area contributed by atoms with Crippen LogP contribution in [0.25, 0.3) is 0 Å². The van der Waals surface area contributed by atoms with Crippen LogP contribution >= 0.6 is 0 Å². The number of rotatable bonds is 5. The molecule has 0 aliphatic heterocycles. The number of aryl methyl sites for hydroxylation is 1. The number of halogens is 1. The van der Waals surface area contributed by atoms with Crippen LogP contribution in [0.4, 0.5) is 4.39 Å². The van der Waals surface area contributed by atoms with Gasteiger partial charge in [0, 0.05) is 17.6 Å². The molecule has 1 amide bonds. The van der Waals surface area contributed by atoms with Gasteiger partial charge in [-0.25, -0.2) is 17.5 Å². The molecule has 0 heterocycles. The average molecular weight is 378 g/mol. The first-order chi connectivity index (χ1) is 12.0. The van der Waals surface area contributed by atoms with E-state index in [2.05, 4.69) is 10.0 Å². The predicted octanol–water partition coefficient (Wildman–Crippen LogP) is 3.14. The summed E-state index contributed by atoms with van der Waals surface area (Å²) in [5.74, 6) is -0.736. The van der Waals surface area contributed by atoms with Gasteiger partial charge in [0.05, 0.1) is 4.90 Å². The Kier molecular flexibility index (Phi) is 5.83. The summed E-state index contributed by atoms with van der Waals surface area (Å²) in [5.41, 5.74) is 1.06. The second kappa shape index (κ2) is 7.55. The number of hydrogen-bond acceptors (Lipinski definition) is 3. The van der Waals surface area contributed by atoms with Gasteiger partial charge in [-0.05, 0) is 63.1 Å². The van der Waals surface area contributed by atoms with Crippen molar-refractivity contribution < 1.29 is 17.6 Å². The Morgan fingerprint density at radius 3 is 2.27 bits per heavy atom. The highest BCUT2D eigenvalue weighted by molar-refractivity contribution is 7.89.